The second-order valence-electron chi connectivity index (χ2n) is 4.12. The first-order valence-electron chi connectivity index (χ1n) is 5.76. The number of aromatic nitrogens is 2. The molecule has 0 spiro atoms. The van der Waals surface area contributed by atoms with Gasteiger partial charge in [-0.05, 0) is 6.42 Å². The standard InChI is InChI=1S/C12H14N4O3/c1-3-8-6-13-11(15-10(8)19-2)14-9-4-5-16(7-9)12(17)18/h1,6,9H,4-5,7H2,2H3,(H,17,18)(H,13,14,15). The van der Waals surface area contributed by atoms with E-state index in [1.165, 1.54) is 18.2 Å². The third-order valence-corrected chi connectivity index (χ3v) is 2.89. The Morgan fingerprint density at radius 1 is 1.74 bits per heavy atom. The smallest absolute Gasteiger partial charge is 0.407 e. The quantitative estimate of drug-likeness (QED) is 0.777. The molecule has 0 bridgehead atoms. The minimum atomic E-state index is -0.912. The zero-order valence-corrected chi connectivity index (χ0v) is 10.5. The van der Waals surface area contributed by atoms with Gasteiger partial charge in [0, 0.05) is 19.1 Å². The van der Waals surface area contributed by atoms with Crippen LogP contribution in [0.15, 0.2) is 6.20 Å². The van der Waals surface area contributed by atoms with Gasteiger partial charge in [-0.25, -0.2) is 9.78 Å². The minimum absolute atomic E-state index is 0.00232. The van der Waals surface area contributed by atoms with Crippen LogP contribution in [0, 0.1) is 12.3 Å². The number of nitrogens with zero attached hydrogens (tertiary/aromatic N) is 3. The SMILES string of the molecule is C#Cc1cnc(NC2CCN(C(=O)O)C2)nc1OC. The summed E-state index contributed by atoms with van der Waals surface area (Å²) in [5.41, 5.74) is 0.478. The lowest BCUT2D eigenvalue weighted by molar-refractivity contribution is 0.155. The van der Waals surface area contributed by atoms with Crippen LogP contribution in [0.3, 0.4) is 0 Å². The van der Waals surface area contributed by atoms with Crippen molar-refractivity contribution in [3.8, 4) is 18.2 Å². The molecule has 1 aliphatic heterocycles. The van der Waals surface area contributed by atoms with Crippen LogP contribution in [0.1, 0.15) is 12.0 Å². The molecule has 7 nitrogen and oxygen atoms in total. The maximum Gasteiger partial charge on any atom is 0.407 e. The first-order chi connectivity index (χ1) is 9.13. The topological polar surface area (TPSA) is 87.6 Å². The van der Waals surface area contributed by atoms with Gasteiger partial charge in [-0.1, -0.05) is 5.92 Å². The average molecular weight is 262 g/mol. The Bertz CT molecular complexity index is 526. The molecule has 19 heavy (non-hydrogen) atoms. The maximum atomic E-state index is 10.8. The molecule has 0 radical (unpaired) electrons. The summed E-state index contributed by atoms with van der Waals surface area (Å²) in [6.45, 7) is 0.921. The van der Waals surface area contributed by atoms with Crippen molar-refractivity contribution in [2.24, 2.45) is 0 Å². The average Bonchev–Trinajstić information content (AvgIpc) is 2.87. The number of carboxylic acid groups (broad SMARTS) is 1. The van der Waals surface area contributed by atoms with Crippen LogP contribution >= 0.6 is 0 Å². The molecule has 7 heteroatoms. The molecule has 1 saturated heterocycles. The van der Waals surface area contributed by atoms with Crippen molar-refractivity contribution in [2.75, 3.05) is 25.5 Å². The monoisotopic (exact) mass is 262 g/mol. The summed E-state index contributed by atoms with van der Waals surface area (Å²) in [4.78, 5) is 20.4. The number of anilines is 1. The maximum absolute atomic E-state index is 10.8. The fourth-order valence-electron chi connectivity index (χ4n) is 1.92. The summed E-state index contributed by atoms with van der Waals surface area (Å²) in [6.07, 6.45) is 6.59. The fourth-order valence-corrected chi connectivity index (χ4v) is 1.92. The van der Waals surface area contributed by atoms with Crippen molar-refractivity contribution in [1.82, 2.24) is 14.9 Å². The molecule has 0 aliphatic carbocycles. The highest BCUT2D eigenvalue weighted by Crippen LogP contribution is 2.17. The Hall–Kier alpha value is -2.49. The van der Waals surface area contributed by atoms with E-state index in [4.69, 9.17) is 16.3 Å². The lowest BCUT2D eigenvalue weighted by atomic mass is 10.3. The van der Waals surface area contributed by atoms with E-state index in [1.807, 2.05) is 0 Å². The summed E-state index contributed by atoms with van der Waals surface area (Å²) in [5.74, 6) is 3.14. The van der Waals surface area contributed by atoms with E-state index in [0.717, 1.165) is 6.42 Å². The summed E-state index contributed by atoms with van der Waals surface area (Å²) in [6, 6.07) is -0.00232. The summed E-state index contributed by atoms with van der Waals surface area (Å²) in [5, 5.41) is 11.9. The minimum Gasteiger partial charge on any atom is -0.480 e. The molecule has 0 aromatic carbocycles. The summed E-state index contributed by atoms with van der Waals surface area (Å²) < 4.78 is 5.06. The largest absolute Gasteiger partial charge is 0.480 e. The highest BCUT2D eigenvalue weighted by atomic mass is 16.5. The predicted molar refractivity (Wildman–Crippen MR) is 68.1 cm³/mol. The molecule has 1 aliphatic rings. The van der Waals surface area contributed by atoms with Gasteiger partial charge < -0.3 is 20.1 Å². The van der Waals surface area contributed by atoms with E-state index >= 15 is 0 Å². The number of terminal acetylenes is 1. The molecule has 0 saturated carbocycles. The Kier molecular flexibility index (Phi) is 3.71. The molecule has 2 heterocycles. The Morgan fingerprint density at radius 2 is 2.53 bits per heavy atom. The molecule has 1 aromatic rings. The zero-order valence-electron chi connectivity index (χ0n) is 10.5. The van der Waals surface area contributed by atoms with E-state index < -0.39 is 6.09 Å². The van der Waals surface area contributed by atoms with E-state index in [9.17, 15) is 4.79 Å². The molecule has 1 fully saturated rings. The van der Waals surface area contributed by atoms with Crippen molar-refractivity contribution < 1.29 is 14.6 Å². The van der Waals surface area contributed by atoms with Crippen molar-refractivity contribution in [2.45, 2.75) is 12.5 Å². The van der Waals surface area contributed by atoms with Gasteiger partial charge in [-0.3, -0.25) is 0 Å². The molecular formula is C12H14N4O3. The van der Waals surface area contributed by atoms with Crippen LogP contribution < -0.4 is 10.1 Å². The Labute approximate surface area is 110 Å². The van der Waals surface area contributed by atoms with Gasteiger partial charge in [0.05, 0.1) is 13.3 Å². The number of methoxy groups -OCH3 is 1. The Morgan fingerprint density at radius 3 is 3.11 bits per heavy atom. The molecular weight excluding hydrogens is 248 g/mol. The summed E-state index contributed by atoms with van der Waals surface area (Å²) in [7, 11) is 1.48. The second-order valence-corrected chi connectivity index (χ2v) is 4.12. The highest BCUT2D eigenvalue weighted by Gasteiger charge is 2.26. The number of carbonyl (C=O) groups is 1. The first-order valence-corrected chi connectivity index (χ1v) is 5.76. The van der Waals surface area contributed by atoms with Gasteiger partial charge in [-0.2, -0.15) is 4.98 Å². The van der Waals surface area contributed by atoms with Crippen LogP contribution in [0.25, 0.3) is 0 Å². The van der Waals surface area contributed by atoms with E-state index in [2.05, 4.69) is 21.2 Å². The molecule has 2 N–H and O–H groups in total. The predicted octanol–water partition coefficient (Wildman–Crippen LogP) is 0.631. The number of amides is 1. The van der Waals surface area contributed by atoms with Crippen molar-refractivity contribution >= 4 is 12.0 Å². The van der Waals surface area contributed by atoms with Crippen LogP contribution in [0.2, 0.25) is 0 Å². The van der Waals surface area contributed by atoms with E-state index in [1.54, 1.807) is 0 Å². The molecule has 1 atom stereocenters. The molecule has 1 unspecified atom stereocenters. The number of likely N-dealkylation sites (tertiary alicyclic amines) is 1. The van der Waals surface area contributed by atoms with Gasteiger partial charge in [0.1, 0.15) is 5.56 Å². The fraction of sp³-hybridized carbons (Fsp3) is 0.417. The van der Waals surface area contributed by atoms with Crippen molar-refractivity contribution in [3.05, 3.63) is 11.8 Å². The van der Waals surface area contributed by atoms with Crippen LogP contribution in [-0.2, 0) is 0 Å². The molecule has 1 amide bonds. The van der Waals surface area contributed by atoms with Crippen molar-refractivity contribution in [1.29, 1.82) is 0 Å². The molecule has 100 valence electrons. The number of nitrogens with one attached hydrogen (secondary N) is 1. The van der Waals surface area contributed by atoms with Crippen molar-refractivity contribution in [3.63, 3.8) is 0 Å². The van der Waals surface area contributed by atoms with E-state index in [0.29, 0.717) is 30.5 Å². The first kappa shape index (κ1) is 13.0. The third kappa shape index (κ3) is 2.85. The number of hydrogen-bond acceptors (Lipinski definition) is 5. The normalized spacial score (nSPS) is 17.9. The van der Waals surface area contributed by atoms with Gasteiger partial charge in [0.2, 0.25) is 11.8 Å². The van der Waals surface area contributed by atoms with Gasteiger partial charge in [0.25, 0.3) is 0 Å². The van der Waals surface area contributed by atoms with Crippen LogP contribution in [0.4, 0.5) is 10.7 Å². The number of hydrogen-bond donors (Lipinski definition) is 2. The lowest BCUT2D eigenvalue weighted by Crippen LogP contribution is -2.30. The number of ether oxygens (including phenoxy) is 1. The van der Waals surface area contributed by atoms with Crippen LogP contribution in [0.5, 0.6) is 5.88 Å². The molecule has 1 aromatic heterocycles. The van der Waals surface area contributed by atoms with Gasteiger partial charge in [0.15, 0.2) is 0 Å². The van der Waals surface area contributed by atoms with Gasteiger partial charge in [-0.15, -0.1) is 6.42 Å². The summed E-state index contributed by atoms with van der Waals surface area (Å²) >= 11 is 0. The number of rotatable bonds is 3. The zero-order chi connectivity index (χ0) is 13.8. The Balaban J connectivity index is 2.05. The lowest BCUT2D eigenvalue weighted by Gasteiger charge is -2.14. The highest BCUT2D eigenvalue weighted by molar-refractivity contribution is 5.65. The van der Waals surface area contributed by atoms with Crippen LogP contribution in [-0.4, -0.2) is 52.3 Å². The second kappa shape index (κ2) is 5.44. The van der Waals surface area contributed by atoms with Gasteiger partial charge >= 0.3 is 6.09 Å². The third-order valence-electron chi connectivity index (χ3n) is 2.89. The molecule has 2 rings (SSSR count). The van der Waals surface area contributed by atoms with E-state index in [-0.39, 0.29) is 6.04 Å².